The lowest BCUT2D eigenvalue weighted by molar-refractivity contribution is 0.0954. The van der Waals surface area contributed by atoms with Crippen LogP contribution in [0.5, 0.6) is 5.75 Å². The van der Waals surface area contributed by atoms with E-state index in [9.17, 15) is 9.90 Å². The Labute approximate surface area is 142 Å². The Morgan fingerprint density at radius 3 is 2.92 bits per heavy atom. The lowest BCUT2D eigenvalue weighted by atomic mass is 9.89. The van der Waals surface area contributed by atoms with Crippen LogP contribution in [0, 0.1) is 6.92 Å². The molecule has 2 aromatic rings. The Morgan fingerprint density at radius 1 is 1.33 bits per heavy atom. The molecule has 1 aliphatic heterocycles. The van der Waals surface area contributed by atoms with Gasteiger partial charge in [-0.15, -0.1) is 0 Å². The molecule has 3 N–H and O–H groups in total. The summed E-state index contributed by atoms with van der Waals surface area (Å²) in [6.45, 7) is 5.63. The van der Waals surface area contributed by atoms with E-state index in [1.165, 1.54) is 5.56 Å². The fraction of sp³-hybridized carbons (Fsp3) is 0.350. The van der Waals surface area contributed by atoms with Crippen molar-refractivity contribution in [1.29, 1.82) is 0 Å². The van der Waals surface area contributed by atoms with Gasteiger partial charge in [-0.25, -0.2) is 0 Å². The molecular formula is C20H24N2O2. The number of benzene rings is 2. The standard InChI is InChI=1S/C20H24N2O2/c1-13-11-16-14(2)7-9-21-19(16)17(12-13)20(24)22-10-8-15-5-3-4-6-18(15)23/h3-6,11-12,14,21,23H,7-10H2,1-2H3,(H,22,24). The topological polar surface area (TPSA) is 61.4 Å². The molecule has 0 fully saturated rings. The highest BCUT2D eigenvalue weighted by Gasteiger charge is 2.22. The van der Waals surface area contributed by atoms with Crippen molar-refractivity contribution in [2.75, 3.05) is 18.4 Å². The molecule has 24 heavy (non-hydrogen) atoms. The maximum Gasteiger partial charge on any atom is 0.253 e. The van der Waals surface area contributed by atoms with Crippen molar-refractivity contribution in [2.24, 2.45) is 0 Å². The smallest absolute Gasteiger partial charge is 0.253 e. The first-order valence-electron chi connectivity index (χ1n) is 8.49. The summed E-state index contributed by atoms with van der Waals surface area (Å²) in [7, 11) is 0. The van der Waals surface area contributed by atoms with Crippen LogP contribution in [0.1, 0.15) is 46.3 Å². The van der Waals surface area contributed by atoms with Crippen LogP contribution in [0.25, 0.3) is 0 Å². The molecule has 126 valence electrons. The molecule has 0 saturated heterocycles. The second-order valence-electron chi connectivity index (χ2n) is 6.53. The van der Waals surface area contributed by atoms with Gasteiger partial charge < -0.3 is 15.7 Å². The number of anilines is 1. The van der Waals surface area contributed by atoms with E-state index < -0.39 is 0 Å². The molecule has 0 radical (unpaired) electrons. The number of carbonyl (C=O) groups is 1. The van der Waals surface area contributed by atoms with Gasteiger partial charge in [-0.1, -0.05) is 31.2 Å². The Kier molecular flexibility index (Phi) is 4.74. The van der Waals surface area contributed by atoms with Gasteiger partial charge in [0.15, 0.2) is 0 Å². The molecule has 1 atom stereocenters. The summed E-state index contributed by atoms with van der Waals surface area (Å²) < 4.78 is 0. The molecule has 1 amide bonds. The number of aryl methyl sites for hydroxylation is 1. The summed E-state index contributed by atoms with van der Waals surface area (Å²) in [5, 5.41) is 16.2. The third kappa shape index (κ3) is 3.37. The van der Waals surface area contributed by atoms with E-state index in [2.05, 4.69) is 23.6 Å². The first-order chi connectivity index (χ1) is 11.6. The number of fused-ring (bicyclic) bond motifs is 1. The maximum absolute atomic E-state index is 12.6. The summed E-state index contributed by atoms with van der Waals surface area (Å²) in [6.07, 6.45) is 1.70. The van der Waals surface area contributed by atoms with Crippen LogP contribution in [0.3, 0.4) is 0 Å². The number of carbonyl (C=O) groups excluding carboxylic acids is 1. The number of phenols is 1. The average molecular weight is 324 g/mol. The SMILES string of the molecule is Cc1cc(C(=O)NCCc2ccccc2O)c2c(c1)C(C)CCN2. The highest BCUT2D eigenvalue weighted by Crippen LogP contribution is 2.34. The zero-order valence-electron chi connectivity index (χ0n) is 14.2. The Balaban J connectivity index is 1.72. The number of nitrogens with one attached hydrogen (secondary N) is 2. The van der Waals surface area contributed by atoms with Crippen molar-refractivity contribution < 1.29 is 9.90 Å². The summed E-state index contributed by atoms with van der Waals surface area (Å²) in [6, 6.07) is 11.3. The molecule has 0 aromatic heterocycles. The normalized spacial score (nSPS) is 16.2. The first-order valence-corrected chi connectivity index (χ1v) is 8.49. The molecule has 3 rings (SSSR count). The van der Waals surface area contributed by atoms with Crippen molar-refractivity contribution in [3.8, 4) is 5.75 Å². The minimum atomic E-state index is -0.0630. The van der Waals surface area contributed by atoms with Crippen molar-refractivity contribution in [3.63, 3.8) is 0 Å². The van der Waals surface area contributed by atoms with Crippen molar-refractivity contribution in [2.45, 2.75) is 32.6 Å². The Bertz CT molecular complexity index is 755. The van der Waals surface area contributed by atoms with Crippen LogP contribution >= 0.6 is 0 Å². The van der Waals surface area contributed by atoms with Gasteiger partial charge in [0.1, 0.15) is 5.75 Å². The summed E-state index contributed by atoms with van der Waals surface area (Å²) in [5.41, 5.74) is 4.87. The molecule has 0 saturated carbocycles. The zero-order chi connectivity index (χ0) is 17.1. The van der Waals surface area contributed by atoms with Crippen LogP contribution in [0.4, 0.5) is 5.69 Å². The molecule has 1 aliphatic rings. The summed E-state index contributed by atoms with van der Waals surface area (Å²) in [4.78, 5) is 12.6. The first kappa shape index (κ1) is 16.4. The fourth-order valence-electron chi connectivity index (χ4n) is 3.28. The molecule has 1 heterocycles. The lowest BCUT2D eigenvalue weighted by Crippen LogP contribution is -2.28. The average Bonchev–Trinajstić information content (AvgIpc) is 2.57. The van der Waals surface area contributed by atoms with E-state index in [1.54, 1.807) is 12.1 Å². The van der Waals surface area contributed by atoms with Crippen molar-refractivity contribution in [3.05, 3.63) is 58.7 Å². The van der Waals surface area contributed by atoms with Gasteiger partial charge in [0, 0.05) is 13.1 Å². The van der Waals surface area contributed by atoms with Crippen LogP contribution in [-0.4, -0.2) is 24.1 Å². The van der Waals surface area contributed by atoms with Crippen LogP contribution in [0.15, 0.2) is 36.4 Å². The van der Waals surface area contributed by atoms with Gasteiger partial charge in [0.25, 0.3) is 5.91 Å². The number of para-hydroxylation sites is 1. The lowest BCUT2D eigenvalue weighted by Gasteiger charge is -2.26. The van der Waals surface area contributed by atoms with Crippen LogP contribution in [-0.2, 0) is 6.42 Å². The minimum absolute atomic E-state index is 0.0630. The molecule has 0 aliphatic carbocycles. The monoisotopic (exact) mass is 324 g/mol. The van der Waals surface area contributed by atoms with Gasteiger partial charge in [-0.05, 0) is 54.5 Å². The van der Waals surface area contributed by atoms with Crippen molar-refractivity contribution in [1.82, 2.24) is 5.32 Å². The van der Waals surface area contributed by atoms with Gasteiger partial charge >= 0.3 is 0 Å². The van der Waals surface area contributed by atoms with E-state index in [0.29, 0.717) is 24.4 Å². The van der Waals surface area contributed by atoms with E-state index >= 15 is 0 Å². The number of aromatic hydroxyl groups is 1. The van der Waals surface area contributed by atoms with Gasteiger partial charge in [-0.2, -0.15) is 0 Å². The molecule has 1 unspecified atom stereocenters. The number of hydrogen-bond acceptors (Lipinski definition) is 3. The van der Waals surface area contributed by atoms with Crippen LogP contribution in [0.2, 0.25) is 0 Å². The third-order valence-electron chi connectivity index (χ3n) is 4.64. The van der Waals surface area contributed by atoms with E-state index in [-0.39, 0.29) is 11.7 Å². The minimum Gasteiger partial charge on any atom is -0.508 e. The van der Waals surface area contributed by atoms with Gasteiger partial charge in [-0.3, -0.25) is 4.79 Å². The van der Waals surface area contributed by atoms with Gasteiger partial charge in [0.2, 0.25) is 0 Å². The van der Waals surface area contributed by atoms with E-state index in [1.807, 2.05) is 25.1 Å². The Morgan fingerprint density at radius 2 is 2.12 bits per heavy atom. The largest absolute Gasteiger partial charge is 0.508 e. The Hall–Kier alpha value is -2.49. The van der Waals surface area contributed by atoms with Crippen LogP contribution < -0.4 is 10.6 Å². The molecule has 4 nitrogen and oxygen atoms in total. The summed E-state index contributed by atoms with van der Waals surface area (Å²) >= 11 is 0. The van der Waals surface area contributed by atoms with E-state index in [0.717, 1.165) is 29.8 Å². The van der Waals surface area contributed by atoms with Crippen molar-refractivity contribution >= 4 is 11.6 Å². The fourth-order valence-corrected chi connectivity index (χ4v) is 3.28. The predicted octanol–water partition coefficient (Wildman–Crippen LogP) is 3.59. The third-order valence-corrected chi connectivity index (χ3v) is 4.64. The number of rotatable bonds is 4. The number of amides is 1. The van der Waals surface area contributed by atoms with E-state index in [4.69, 9.17) is 0 Å². The molecule has 0 spiro atoms. The molecule has 2 aromatic carbocycles. The molecular weight excluding hydrogens is 300 g/mol. The van der Waals surface area contributed by atoms with Gasteiger partial charge in [0.05, 0.1) is 11.3 Å². The molecule has 4 heteroatoms. The highest BCUT2D eigenvalue weighted by molar-refractivity contribution is 6.00. The summed E-state index contributed by atoms with van der Waals surface area (Å²) in [5.74, 6) is 0.677. The predicted molar refractivity (Wildman–Crippen MR) is 96.8 cm³/mol. The zero-order valence-corrected chi connectivity index (χ0v) is 14.2. The maximum atomic E-state index is 12.6. The quantitative estimate of drug-likeness (QED) is 0.805. The second kappa shape index (κ2) is 6.95. The number of phenolic OH excluding ortho intramolecular Hbond substituents is 1. The second-order valence-corrected chi connectivity index (χ2v) is 6.53. The highest BCUT2D eigenvalue weighted by atomic mass is 16.3. The number of hydrogen-bond donors (Lipinski definition) is 3. The molecule has 0 bridgehead atoms.